The zero-order chi connectivity index (χ0) is 30.2. The van der Waals surface area contributed by atoms with Crippen LogP contribution in [0.5, 0.6) is 0 Å². The molecule has 1 atom stereocenters. The van der Waals surface area contributed by atoms with Gasteiger partial charge >= 0.3 is 0 Å². The summed E-state index contributed by atoms with van der Waals surface area (Å²) < 4.78 is 53.2. The fourth-order valence-corrected chi connectivity index (χ4v) is 5.39. The number of sulfonamides is 1. The van der Waals surface area contributed by atoms with Gasteiger partial charge in [-0.25, -0.2) is 17.2 Å². The summed E-state index contributed by atoms with van der Waals surface area (Å²) in [5.41, 5.74) is 1.15. The second-order valence-corrected chi connectivity index (χ2v) is 12.9. The molecule has 0 saturated carbocycles. The van der Waals surface area contributed by atoms with Crippen LogP contribution < -0.4 is 9.62 Å². The Morgan fingerprint density at radius 3 is 2.00 bits per heavy atom. The molecule has 3 aromatic carbocycles. The summed E-state index contributed by atoms with van der Waals surface area (Å²) in [5, 5.41) is 3.00. The third kappa shape index (κ3) is 9.67. The van der Waals surface area contributed by atoms with Crippen LogP contribution in [0.1, 0.15) is 44.7 Å². The van der Waals surface area contributed by atoms with Crippen LogP contribution in [0.15, 0.2) is 78.9 Å². The number of carbonyl (C=O) groups excluding carboxylic acids is 2. The molecule has 0 aliphatic heterocycles. The van der Waals surface area contributed by atoms with Gasteiger partial charge in [0.1, 0.15) is 6.04 Å². The predicted molar refractivity (Wildman–Crippen MR) is 157 cm³/mol. The molecule has 1 N–H and O–H groups in total. The lowest BCUT2D eigenvalue weighted by atomic mass is 10.00. The summed E-state index contributed by atoms with van der Waals surface area (Å²) in [7, 11) is -3.85. The van der Waals surface area contributed by atoms with Crippen molar-refractivity contribution in [2.75, 3.05) is 17.1 Å². The van der Waals surface area contributed by atoms with E-state index in [0.29, 0.717) is 0 Å². The number of carbonyl (C=O) groups is 2. The van der Waals surface area contributed by atoms with Gasteiger partial charge < -0.3 is 10.2 Å². The van der Waals surface area contributed by atoms with E-state index in [0.717, 1.165) is 33.8 Å². The van der Waals surface area contributed by atoms with Crippen molar-refractivity contribution >= 4 is 27.5 Å². The minimum Gasteiger partial charge on any atom is -0.350 e. The van der Waals surface area contributed by atoms with Crippen LogP contribution in [-0.4, -0.2) is 49.5 Å². The van der Waals surface area contributed by atoms with Gasteiger partial charge in [0, 0.05) is 37.5 Å². The van der Waals surface area contributed by atoms with Crippen LogP contribution in [0.25, 0.3) is 0 Å². The highest BCUT2D eigenvalue weighted by Crippen LogP contribution is 2.22. The molecule has 3 aromatic rings. The van der Waals surface area contributed by atoms with Crippen molar-refractivity contribution in [1.29, 1.82) is 0 Å². The van der Waals surface area contributed by atoms with Gasteiger partial charge in [-0.05, 0) is 50.5 Å². The molecule has 0 aromatic heterocycles. The Bertz CT molecular complexity index is 1430. The first-order chi connectivity index (χ1) is 19.2. The van der Waals surface area contributed by atoms with Crippen molar-refractivity contribution in [3.8, 4) is 0 Å². The predicted octanol–water partition coefficient (Wildman–Crippen LogP) is 5.07. The maximum atomic E-state index is 13.9. The van der Waals surface area contributed by atoms with E-state index in [9.17, 15) is 26.8 Å². The Morgan fingerprint density at radius 1 is 0.878 bits per heavy atom. The number of benzene rings is 3. The first-order valence-electron chi connectivity index (χ1n) is 13.4. The number of amides is 2. The third-order valence-corrected chi connectivity index (χ3v) is 7.50. The summed E-state index contributed by atoms with van der Waals surface area (Å²) in [6, 6.07) is 20.7. The van der Waals surface area contributed by atoms with E-state index < -0.39 is 33.2 Å². The normalized spacial score (nSPS) is 12.4. The molecule has 0 radical (unpaired) electrons. The van der Waals surface area contributed by atoms with E-state index in [4.69, 9.17) is 0 Å². The number of hydrogen-bond donors (Lipinski definition) is 1. The molecular formula is C31H37F2N3O4S. The fraction of sp³-hybridized carbons (Fsp3) is 0.355. The van der Waals surface area contributed by atoms with Gasteiger partial charge in [-0.15, -0.1) is 0 Å². The van der Waals surface area contributed by atoms with Crippen LogP contribution in [0, 0.1) is 11.6 Å². The van der Waals surface area contributed by atoms with Crippen molar-refractivity contribution in [1.82, 2.24) is 10.2 Å². The fourth-order valence-electron chi connectivity index (χ4n) is 4.43. The minimum atomic E-state index is -3.85. The molecule has 0 aliphatic carbocycles. The summed E-state index contributed by atoms with van der Waals surface area (Å²) >= 11 is 0. The van der Waals surface area contributed by atoms with E-state index >= 15 is 0 Å². The number of anilines is 1. The van der Waals surface area contributed by atoms with Crippen LogP contribution >= 0.6 is 0 Å². The standard InChI is InChI=1S/C31H37F2N3O4S/c1-31(2,3)34-30(38)28(20-23-12-7-5-8-13-23)35(22-24-14-9-6-10-15-24)29(37)16-11-19-36(41(4,39)40)25-17-18-26(32)27(33)21-25/h5-10,12-15,17-18,21,28H,11,16,19-20,22H2,1-4H3,(H,34,38). The molecule has 0 heterocycles. The molecule has 41 heavy (non-hydrogen) atoms. The number of rotatable bonds is 12. The molecule has 3 rings (SSSR count). The Balaban J connectivity index is 1.88. The molecule has 0 spiro atoms. The molecule has 0 fully saturated rings. The minimum absolute atomic E-state index is 0.0356. The average molecular weight is 586 g/mol. The topological polar surface area (TPSA) is 86.8 Å². The molecule has 0 bridgehead atoms. The molecular weight excluding hydrogens is 548 g/mol. The van der Waals surface area contributed by atoms with Crippen LogP contribution in [0.4, 0.5) is 14.5 Å². The maximum absolute atomic E-state index is 13.9. The third-order valence-electron chi connectivity index (χ3n) is 6.31. The molecule has 2 amide bonds. The van der Waals surface area contributed by atoms with E-state index in [1.165, 1.54) is 11.0 Å². The molecule has 0 saturated heterocycles. The van der Waals surface area contributed by atoms with E-state index in [1.54, 1.807) is 0 Å². The Kier molecular flexibility index (Phi) is 10.6. The zero-order valence-corrected chi connectivity index (χ0v) is 24.6. The number of nitrogens with one attached hydrogen (secondary N) is 1. The van der Waals surface area contributed by atoms with Crippen LogP contribution in [0.3, 0.4) is 0 Å². The van der Waals surface area contributed by atoms with E-state index in [2.05, 4.69) is 5.32 Å². The molecule has 1 unspecified atom stereocenters. The zero-order valence-electron chi connectivity index (χ0n) is 23.8. The van der Waals surface area contributed by atoms with Gasteiger partial charge in [0.25, 0.3) is 0 Å². The molecule has 220 valence electrons. The lowest BCUT2D eigenvalue weighted by Crippen LogP contribution is -2.54. The smallest absolute Gasteiger partial charge is 0.243 e. The SMILES string of the molecule is CC(C)(C)NC(=O)C(Cc1ccccc1)N(Cc1ccccc1)C(=O)CCCN(c1ccc(F)c(F)c1)S(C)(=O)=O. The number of hydrogen-bond acceptors (Lipinski definition) is 4. The van der Waals surface area contributed by atoms with Gasteiger partial charge in [-0.1, -0.05) is 60.7 Å². The summed E-state index contributed by atoms with van der Waals surface area (Å²) in [6.07, 6.45) is 1.27. The van der Waals surface area contributed by atoms with Crippen molar-refractivity contribution < 1.29 is 26.8 Å². The van der Waals surface area contributed by atoms with Crippen LogP contribution in [-0.2, 0) is 32.6 Å². The first-order valence-corrected chi connectivity index (χ1v) is 15.2. The Hall–Kier alpha value is -3.79. The van der Waals surface area contributed by atoms with Gasteiger partial charge in [0.05, 0.1) is 11.9 Å². The van der Waals surface area contributed by atoms with Crippen molar-refractivity contribution in [3.05, 3.63) is 102 Å². The van der Waals surface area contributed by atoms with Gasteiger partial charge in [-0.3, -0.25) is 13.9 Å². The van der Waals surface area contributed by atoms with Crippen molar-refractivity contribution in [3.63, 3.8) is 0 Å². The van der Waals surface area contributed by atoms with Crippen molar-refractivity contribution in [2.45, 2.75) is 58.2 Å². The average Bonchev–Trinajstić information content (AvgIpc) is 2.89. The largest absolute Gasteiger partial charge is 0.350 e. The van der Waals surface area contributed by atoms with E-state index in [-0.39, 0.29) is 49.9 Å². The molecule has 10 heteroatoms. The molecule has 0 aliphatic rings. The lowest BCUT2D eigenvalue weighted by molar-refractivity contribution is -0.142. The van der Waals surface area contributed by atoms with Crippen LogP contribution in [0.2, 0.25) is 0 Å². The Labute approximate surface area is 241 Å². The number of halogens is 2. The summed E-state index contributed by atoms with van der Waals surface area (Å²) in [5.74, 6) is -2.90. The number of nitrogens with zero attached hydrogens (tertiary/aromatic N) is 2. The quantitative estimate of drug-likeness (QED) is 0.322. The van der Waals surface area contributed by atoms with Crippen molar-refractivity contribution in [2.24, 2.45) is 0 Å². The van der Waals surface area contributed by atoms with Gasteiger partial charge in [-0.2, -0.15) is 0 Å². The van der Waals surface area contributed by atoms with Gasteiger partial charge in [0.15, 0.2) is 11.6 Å². The van der Waals surface area contributed by atoms with Gasteiger partial charge in [0.2, 0.25) is 21.8 Å². The first kappa shape index (κ1) is 31.7. The highest BCUT2D eigenvalue weighted by Gasteiger charge is 2.32. The van der Waals surface area contributed by atoms with E-state index in [1.807, 2.05) is 81.4 Å². The second-order valence-electron chi connectivity index (χ2n) is 11.0. The second kappa shape index (κ2) is 13.7. The monoisotopic (exact) mass is 585 g/mol. The highest BCUT2D eigenvalue weighted by atomic mass is 32.2. The Morgan fingerprint density at radius 2 is 1.46 bits per heavy atom. The lowest BCUT2D eigenvalue weighted by Gasteiger charge is -2.34. The summed E-state index contributed by atoms with van der Waals surface area (Å²) in [4.78, 5) is 28.9. The summed E-state index contributed by atoms with van der Waals surface area (Å²) in [6.45, 7) is 5.64. The maximum Gasteiger partial charge on any atom is 0.243 e. The highest BCUT2D eigenvalue weighted by molar-refractivity contribution is 7.92. The molecule has 7 nitrogen and oxygen atoms in total.